The molecule has 0 unspecified atom stereocenters. The predicted molar refractivity (Wildman–Crippen MR) is 73.0 cm³/mol. The summed E-state index contributed by atoms with van der Waals surface area (Å²) in [5, 5.41) is 2.57. The van der Waals surface area contributed by atoms with Gasteiger partial charge < -0.3 is 14.8 Å². The lowest BCUT2D eigenvalue weighted by Gasteiger charge is -2.11. The van der Waals surface area contributed by atoms with E-state index in [1.807, 2.05) is 0 Å². The van der Waals surface area contributed by atoms with Crippen LogP contribution in [0, 0.1) is 0 Å². The van der Waals surface area contributed by atoms with E-state index in [9.17, 15) is 9.59 Å². The molecule has 0 atom stereocenters. The zero-order chi connectivity index (χ0) is 14.5. The Morgan fingerprint density at radius 2 is 1.79 bits per heavy atom. The van der Waals surface area contributed by atoms with Crippen LogP contribution in [0.25, 0.3) is 0 Å². The molecule has 1 aromatic carbocycles. The molecule has 0 heterocycles. The smallest absolute Gasteiger partial charge is 0.429 e. The Kier molecular flexibility index (Phi) is 5.72. The van der Waals surface area contributed by atoms with Crippen molar-refractivity contribution in [2.24, 2.45) is 0 Å². The Morgan fingerprint density at radius 1 is 1.21 bits per heavy atom. The van der Waals surface area contributed by atoms with Gasteiger partial charge in [-0.1, -0.05) is 34.8 Å². The second-order valence-corrected chi connectivity index (χ2v) is 5.98. The molecule has 0 bridgehead atoms. The minimum absolute atomic E-state index is 0.198. The normalized spacial score (nSPS) is 10.7. The van der Waals surface area contributed by atoms with Crippen LogP contribution in [-0.2, 0) is 9.53 Å². The van der Waals surface area contributed by atoms with Crippen LogP contribution >= 0.6 is 34.8 Å². The Labute approximate surface area is 124 Å². The van der Waals surface area contributed by atoms with Crippen molar-refractivity contribution in [2.75, 3.05) is 11.9 Å². The summed E-state index contributed by atoms with van der Waals surface area (Å²) in [6.07, 6.45) is -0.987. The minimum Gasteiger partial charge on any atom is -0.429 e. The molecule has 0 saturated carbocycles. The largest absolute Gasteiger partial charge is 0.513 e. The highest BCUT2D eigenvalue weighted by Gasteiger charge is 2.22. The van der Waals surface area contributed by atoms with Gasteiger partial charge in [0, 0.05) is 12.6 Å². The molecule has 0 aliphatic heterocycles. The lowest BCUT2D eigenvalue weighted by atomic mass is 10.3. The van der Waals surface area contributed by atoms with Gasteiger partial charge in [0.25, 0.3) is 0 Å². The van der Waals surface area contributed by atoms with E-state index in [1.54, 1.807) is 12.1 Å². The zero-order valence-electron chi connectivity index (χ0n) is 9.78. The summed E-state index contributed by atoms with van der Waals surface area (Å²) in [6, 6.07) is 6.11. The molecule has 1 amide bonds. The maximum absolute atomic E-state index is 11.2. The lowest BCUT2D eigenvalue weighted by molar-refractivity contribution is -0.114. The molecule has 8 heteroatoms. The second-order valence-electron chi connectivity index (χ2n) is 3.46. The molecule has 104 valence electrons. The van der Waals surface area contributed by atoms with Crippen molar-refractivity contribution in [1.29, 1.82) is 0 Å². The Bertz CT molecular complexity index is 456. The first kappa shape index (κ1) is 15.9. The van der Waals surface area contributed by atoms with Crippen LogP contribution in [-0.4, -0.2) is 22.5 Å². The monoisotopic (exact) mass is 325 g/mol. The maximum Gasteiger partial charge on any atom is 0.513 e. The molecule has 5 nitrogen and oxygen atoms in total. The summed E-state index contributed by atoms with van der Waals surface area (Å²) >= 11 is 16.2. The average molecular weight is 327 g/mol. The zero-order valence-corrected chi connectivity index (χ0v) is 12.1. The number of hydrogen-bond acceptors (Lipinski definition) is 4. The van der Waals surface area contributed by atoms with Crippen molar-refractivity contribution in [3.05, 3.63) is 24.3 Å². The molecule has 0 saturated heterocycles. The first-order valence-electron chi connectivity index (χ1n) is 5.05. The third kappa shape index (κ3) is 7.10. The molecule has 0 aromatic heterocycles. The Morgan fingerprint density at radius 3 is 2.26 bits per heavy atom. The molecule has 0 aliphatic rings. The number of hydrogen-bond donors (Lipinski definition) is 1. The van der Waals surface area contributed by atoms with E-state index in [0.717, 1.165) is 0 Å². The van der Waals surface area contributed by atoms with Gasteiger partial charge >= 0.3 is 6.16 Å². The SMILES string of the molecule is CC(=O)Nc1ccc(OC(=O)OCC(Cl)(Cl)Cl)cc1. The van der Waals surface area contributed by atoms with E-state index in [-0.39, 0.29) is 11.7 Å². The van der Waals surface area contributed by atoms with Gasteiger partial charge in [0.1, 0.15) is 12.4 Å². The fraction of sp³-hybridized carbons (Fsp3) is 0.273. The van der Waals surface area contributed by atoms with Gasteiger partial charge in [-0.3, -0.25) is 4.79 Å². The first-order chi connectivity index (χ1) is 8.76. The summed E-state index contributed by atoms with van der Waals surface area (Å²) in [4.78, 5) is 22.0. The summed E-state index contributed by atoms with van der Waals surface area (Å²) in [5.41, 5.74) is 0.578. The van der Waals surface area contributed by atoms with Gasteiger partial charge in [-0.2, -0.15) is 0 Å². The summed E-state index contributed by atoms with van der Waals surface area (Å²) in [7, 11) is 0. The van der Waals surface area contributed by atoms with Gasteiger partial charge in [0.2, 0.25) is 9.70 Å². The Balaban J connectivity index is 2.49. The van der Waals surface area contributed by atoms with Crippen LogP contribution in [0.4, 0.5) is 10.5 Å². The number of alkyl halides is 3. The van der Waals surface area contributed by atoms with Crippen LogP contribution in [0.2, 0.25) is 0 Å². The highest BCUT2D eigenvalue weighted by molar-refractivity contribution is 6.67. The van der Waals surface area contributed by atoms with Gasteiger partial charge in [-0.15, -0.1) is 0 Å². The molecule has 1 aromatic rings. The van der Waals surface area contributed by atoms with E-state index in [0.29, 0.717) is 5.69 Å². The van der Waals surface area contributed by atoms with Crippen LogP contribution in [0.5, 0.6) is 5.75 Å². The number of amides is 1. The van der Waals surface area contributed by atoms with Crippen LogP contribution in [0.3, 0.4) is 0 Å². The third-order valence-corrected chi connectivity index (χ3v) is 2.06. The Hall–Kier alpha value is -1.17. The van der Waals surface area contributed by atoms with E-state index in [4.69, 9.17) is 39.5 Å². The van der Waals surface area contributed by atoms with Crippen molar-refractivity contribution < 1.29 is 19.1 Å². The number of ether oxygens (including phenoxy) is 2. The molecule has 0 aliphatic carbocycles. The van der Waals surface area contributed by atoms with Crippen molar-refractivity contribution in [2.45, 2.75) is 10.7 Å². The number of benzene rings is 1. The van der Waals surface area contributed by atoms with Crippen molar-refractivity contribution in [3.8, 4) is 5.75 Å². The van der Waals surface area contributed by atoms with Crippen LogP contribution < -0.4 is 10.1 Å². The van der Waals surface area contributed by atoms with Gasteiger partial charge in [-0.25, -0.2) is 4.79 Å². The average Bonchev–Trinajstić information content (AvgIpc) is 2.28. The molecular formula is C11H10Cl3NO4. The topological polar surface area (TPSA) is 64.6 Å². The molecule has 0 radical (unpaired) electrons. The lowest BCUT2D eigenvalue weighted by Crippen LogP contribution is -2.19. The molecular weight excluding hydrogens is 316 g/mol. The number of anilines is 1. The highest BCUT2D eigenvalue weighted by atomic mass is 35.6. The summed E-state index contributed by atoms with van der Waals surface area (Å²) in [5.74, 6) is 0.0409. The van der Waals surface area contributed by atoms with E-state index in [2.05, 4.69) is 10.1 Å². The predicted octanol–water partition coefficient (Wildman–Crippen LogP) is 3.53. The third-order valence-electron chi connectivity index (χ3n) is 1.73. The number of halogens is 3. The first-order valence-corrected chi connectivity index (χ1v) is 6.19. The molecule has 0 spiro atoms. The molecule has 19 heavy (non-hydrogen) atoms. The fourth-order valence-electron chi connectivity index (χ4n) is 1.08. The number of rotatable bonds is 3. The van der Waals surface area contributed by atoms with Crippen LogP contribution in [0.15, 0.2) is 24.3 Å². The minimum atomic E-state index is -1.69. The van der Waals surface area contributed by atoms with Gasteiger partial charge in [0.05, 0.1) is 0 Å². The number of nitrogens with one attached hydrogen (secondary N) is 1. The standard InChI is InChI=1S/C11H10Cl3NO4/c1-7(16)15-8-2-4-9(5-3-8)19-10(17)18-6-11(12,13)14/h2-5H,6H2,1H3,(H,15,16). The molecule has 1 rings (SSSR count). The van der Waals surface area contributed by atoms with Gasteiger partial charge in [-0.05, 0) is 24.3 Å². The molecule has 1 N–H and O–H groups in total. The number of carbonyl (C=O) groups excluding carboxylic acids is 2. The fourth-order valence-corrected chi connectivity index (χ4v) is 1.24. The maximum atomic E-state index is 11.2. The quantitative estimate of drug-likeness (QED) is 0.524. The molecule has 0 fully saturated rings. The van der Waals surface area contributed by atoms with Crippen molar-refractivity contribution in [1.82, 2.24) is 0 Å². The van der Waals surface area contributed by atoms with Crippen LogP contribution in [0.1, 0.15) is 6.92 Å². The van der Waals surface area contributed by atoms with E-state index in [1.165, 1.54) is 19.1 Å². The van der Waals surface area contributed by atoms with Crippen molar-refractivity contribution in [3.63, 3.8) is 0 Å². The van der Waals surface area contributed by atoms with E-state index >= 15 is 0 Å². The summed E-state index contributed by atoms with van der Waals surface area (Å²) < 4.78 is 7.71. The van der Waals surface area contributed by atoms with Crippen molar-refractivity contribution >= 4 is 52.6 Å². The summed E-state index contributed by atoms with van der Waals surface area (Å²) in [6.45, 7) is 0.971. The highest BCUT2D eigenvalue weighted by Crippen LogP contribution is 2.26. The second kappa shape index (κ2) is 6.84. The van der Waals surface area contributed by atoms with Gasteiger partial charge in [0.15, 0.2) is 0 Å². The number of carbonyl (C=O) groups is 2. The van der Waals surface area contributed by atoms with E-state index < -0.39 is 16.6 Å².